The summed E-state index contributed by atoms with van der Waals surface area (Å²) in [7, 11) is 0. The maximum Gasteiger partial charge on any atom is 0.393 e. The number of nitrogens with one attached hydrogen (secondary N) is 2. The minimum Gasteiger partial charge on any atom is -0.392 e. The van der Waals surface area contributed by atoms with Crippen LogP contribution in [0.15, 0.2) is 36.5 Å². The molecule has 5 rings (SSSR count). The zero-order valence-electron chi connectivity index (χ0n) is 18.8. The number of H-pyrrole nitrogens is 1. The first kappa shape index (κ1) is 23.6. The number of thiophene rings is 1. The first-order valence-corrected chi connectivity index (χ1v) is 12.2. The van der Waals surface area contributed by atoms with Gasteiger partial charge in [-0.3, -0.25) is 4.90 Å². The normalized spacial score (nSPS) is 15.6. The summed E-state index contributed by atoms with van der Waals surface area (Å²) < 4.78 is 38.7. The van der Waals surface area contributed by atoms with Crippen molar-refractivity contribution in [3.05, 3.63) is 58.2 Å². The standard InChI is InChI=1S/C25H24F3N5OS/c26-25(27,28)10-20-9-21-23(17(14-34)12-30-24(21)35-20)32-18-3-5-33(6-4-18)13-15-1-2-22-16(7-15)8-19(11-29)31-22/h1-2,7-9,12,18,31,34H,3-6,10,13-14H2,(H,30,32). The summed E-state index contributed by atoms with van der Waals surface area (Å²) in [5, 5.41) is 24.1. The van der Waals surface area contributed by atoms with Gasteiger partial charge in [-0.1, -0.05) is 6.07 Å². The lowest BCUT2D eigenvalue weighted by Gasteiger charge is -2.33. The number of nitriles is 1. The van der Waals surface area contributed by atoms with Gasteiger partial charge >= 0.3 is 6.18 Å². The van der Waals surface area contributed by atoms with E-state index in [1.807, 2.05) is 12.1 Å². The van der Waals surface area contributed by atoms with E-state index in [4.69, 9.17) is 5.26 Å². The Hall–Kier alpha value is -3.13. The second-order valence-electron chi connectivity index (χ2n) is 8.95. The van der Waals surface area contributed by atoms with Crippen LogP contribution in [0.2, 0.25) is 0 Å². The van der Waals surface area contributed by atoms with Gasteiger partial charge in [0.2, 0.25) is 0 Å². The molecule has 182 valence electrons. The number of fused-ring (bicyclic) bond motifs is 2. The minimum atomic E-state index is -4.27. The summed E-state index contributed by atoms with van der Waals surface area (Å²) in [5.41, 5.74) is 3.96. The summed E-state index contributed by atoms with van der Waals surface area (Å²) in [4.78, 5) is 10.5. The third-order valence-corrected chi connectivity index (χ3v) is 7.43. The Bertz CT molecular complexity index is 1400. The number of piperidine rings is 1. The highest BCUT2D eigenvalue weighted by Gasteiger charge is 2.29. The number of likely N-dealkylation sites (tertiary alicyclic amines) is 1. The highest BCUT2D eigenvalue weighted by atomic mass is 32.1. The van der Waals surface area contributed by atoms with Crippen molar-refractivity contribution in [3.8, 4) is 6.07 Å². The van der Waals surface area contributed by atoms with E-state index in [1.165, 1.54) is 5.56 Å². The molecule has 6 nitrogen and oxygen atoms in total. The Labute approximate surface area is 204 Å². The number of benzene rings is 1. The van der Waals surface area contributed by atoms with Gasteiger partial charge in [0.1, 0.15) is 16.6 Å². The number of aliphatic hydroxyl groups excluding tert-OH is 1. The lowest BCUT2D eigenvalue weighted by molar-refractivity contribution is -0.126. The molecule has 0 radical (unpaired) electrons. The van der Waals surface area contributed by atoms with E-state index in [0.717, 1.165) is 54.7 Å². The van der Waals surface area contributed by atoms with Gasteiger partial charge in [-0.15, -0.1) is 11.3 Å². The number of aromatic amines is 1. The Kier molecular flexibility index (Phi) is 6.40. The van der Waals surface area contributed by atoms with Gasteiger partial charge in [-0.2, -0.15) is 18.4 Å². The molecule has 4 heterocycles. The van der Waals surface area contributed by atoms with E-state index in [-0.39, 0.29) is 17.5 Å². The van der Waals surface area contributed by atoms with Crippen molar-refractivity contribution in [1.82, 2.24) is 14.9 Å². The summed E-state index contributed by atoms with van der Waals surface area (Å²) in [5.74, 6) is 0. The van der Waals surface area contributed by atoms with Gasteiger partial charge < -0.3 is 15.4 Å². The average Bonchev–Trinajstić information content (AvgIpc) is 3.42. The predicted molar refractivity (Wildman–Crippen MR) is 130 cm³/mol. The Morgan fingerprint density at radius 1 is 1.23 bits per heavy atom. The highest BCUT2D eigenvalue weighted by molar-refractivity contribution is 7.18. The van der Waals surface area contributed by atoms with Gasteiger partial charge in [0.25, 0.3) is 0 Å². The quantitative estimate of drug-likeness (QED) is 0.334. The minimum absolute atomic E-state index is 0.151. The fourth-order valence-electron chi connectivity index (χ4n) is 4.69. The molecule has 35 heavy (non-hydrogen) atoms. The lowest BCUT2D eigenvalue weighted by atomic mass is 10.0. The lowest BCUT2D eigenvalue weighted by Crippen LogP contribution is -2.38. The number of hydrogen-bond donors (Lipinski definition) is 3. The summed E-state index contributed by atoms with van der Waals surface area (Å²) in [6, 6.07) is 11.9. The molecule has 0 spiro atoms. The molecule has 1 aliphatic heterocycles. The van der Waals surface area contributed by atoms with Gasteiger partial charge in [0.05, 0.1) is 18.7 Å². The van der Waals surface area contributed by atoms with Crippen molar-refractivity contribution in [2.24, 2.45) is 0 Å². The van der Waals surface area contributed by atoms with Crippen LogP contribution in [-0.2, 0) is 19.6 Å². The number of aromatic nitrogens is 2. The molecular weight excluding hydrogens is 475 g/mol. The maximum atomic E-state index is 12.9. The van der Waals surface area contributed by atoms with E-state index in [1.54, 1.807) is 12.3 Å². The van der Waals surface area contributed by atoms with Crippen LogP contribution in [0.3, 0.4) is 0 Å². The molecule has 3 aromatic heterocycles. The number of anilines is 1. The van der Waals surface area contributed by atoms with Crippen molar-refractivity contribution >= 4 is 38.1 Å². The molecule has 0 aliphatic carbocycles. The molecule has 1 fully saturated rings. The van der Waals surface area contributed by atoms with Crippen molar-refractivity contribution in [2.45, 2.75) is 44.6 Å². The molecule has 1 aromatic carbocycles. The van der Waals surface area contributed by atoms with Crippen LogP contribution in [0.1, 0.15) is 34.5 Å². The van der Waals surface area contributed by atoms with Crippen LogP contribution in [0, 0.1) is 11.3 Å². The SMILES string of the molecule is N#Cc1cc2cc(CN3CCC(Nc4c(CO)cnc5sc(CC(F)(F)F)cc45)CC3)ccc2[nH]1. The molecule has 1 saturated heterocycles. The summed E-state index contributed by atoms with van der Waals surface area (Å²) >= 11 is 1.04. The van der Waals surface area contributed by atoms with Gasteiger partial charge in [-0.05, 0) is 42.7 Å². The average molecular weight is 500 g/mol. The molecule has 1 aliphatic rings. The summed E-state index contributed by atoms with van der Waals surface area (Å²) in [6.07, 6.45) is -1.96. The zero-order valence-corrected chi connectivity index (χ0v) is 19.6. The van der Waals surface area contributed by atoms with E-state index in [9.17, 15) is 18.3 Å². The third kappa shape index (κ3) is 5.27. The van der Waals surface area contributed by atoms with Gasteiger partial charge in [-0.25, -0.2) is 4.98 Å². The molecule has 0 amide bonds. The van der Waals surface area contributed by atoms with E-state index >= 15 is 0 Å². The van der Waals surface area contributed by atoms with E-state index < -0.39 is 12.6 Å². The van der Waals surface area contributed by atoms with Crippen LogP contribution in [0.5, 0.6) is 0 Å². The highest BCUT2D eigenvalue weighted by Crippen LogP contribution is 2.36. The zero-order chi connectivity index (χ0) is 24.6. The topological polar surface area (TPSA) is 88.0 Å². The molecule has 0 bridgehead atoms. The second kappa shape index (κ2) is 9.49. The van der Waals surface area contributed by atoms with Crippen LogP contribution in [-0.4, -0.2) is 45.3 Å². The van der Waals surface area contributed by atoms with Crippen molar-refractivity contribution in [1.29, 1.82) is 5.26 Å². The number of hydrogen-bond acceptors (Lipinski definition) is 6. The van der Waals surface area contributed by atoms with Gasteiger partial charge in [0.15, 0.2) is 0 Å². The fraction of sp³-hybridized carbons (Fsp3) is 0.360. The van der Waals surface area contributed by atoms with Gasteiger partial charge in [0, 0.05) is 58.6 Å². The monoisotopic (exact) mass is 499 g/mol. The molecule has 0 atom stereocenters. The van der Waals surface area contributed by atoms with Crippen LogP contribution < -0.4 is 5.32 Å². The smallest absolute Gasteiger partial charge is 0.392 e. The Balaban J connectivity index is 1.26. The van der Waals surface area contributed by atoms with Crippen molar-refractivity contribution in [2.75, 3.05) is 18.4 Å². The maximum absolute atomic E-state index is 12.9. The predicted octanol–water partition coefficient (Wildman–Crippen LogP) is 5.32. The number of alkyl halides is 3. The number of nitrogens with zero attached hydrogens (tertiary/aromatic N) is 3. The van der Waals surface area contributed by atoms with E-state index in [2.05, 4.69) is 38.4 Å². The molecule has 0 saturated carbocycles. The van der Waals surface area contributed by atoms with Crippen LogP contribution in [0.25, 0.3) is 21.1 Å². The largest absolute Gasteiger partial charge is 0.393 e. The number of rotatable bonds is 6. The molecule has 4 aromatic rings. The number of pyridine rings is 1. The molecule has 0 unspecified atom stereocenters. The summed E-state index contributed by atoms with van der Waals surface area (Å²) in [6.45, 7) is 2.32. The Morgan fingerprint density at radius 2 is 2.03 bits per heavy atom. The Morgan fingerprint density at radius 3 is 2.74 bits per heavy atom. The van der Waals surface area contributed by atoms with Crippen LogP contribution >= 0.6 is 11.3 Å². The fourth-order valence-corrected chi connectivity index (χ4v) is 5.73. The molecule has 3 N–H and O–H groups in total. The second-order valence-corrected chi connectivity index (χ2v) is 10.1. The number of aliphatic hydroxyl groups is 1. The molecule has 10 heteroatoms. The first-order valence-electron chi connectivity index (χ1n) is 11.4. The first-order chi connectivity index (χ1) is 16.8. The number of halogens is 3. The van der Waals surface area contributed by atoms with Crippen LogP contribution in [0.4, 0.5) is 18.9 Å². The van der Waals surface area contributed by atoms with Crippen molar-refractivity contribution in [3.63, 3.8) is 0 Å². The van der Waals surface area contributed by atoms with Crippen molar-refractivity contribution < 1.29 is 18.3 Å². The third-order valence-electron chi connectivity index (χ3n) is 6.38. The van der Waals surface area contributed by atoms with E-state index in [0.29, 0.717) is 27.2 Å². The molecular formula is C25H24F3N5OS.